The average Bonchev–Trinajstić information content (AvgIpc) is 2.73. The number of methoxy groups -OCH3 is 1. The summed E-state index contributed by atoms with van der Waals surface area (Å²) < 4.78 is 42.8. The molecule has 0 spiro atoms. The molecule has 0 atom stereocenters. The first-order valence-electron chi connectivity index (χ1n) is 5.17. The van der Waals surface area contributed by atoms with Gasteiger partial charge < -0.3 is 10.5 Å². The number of ether oxygens (including phenoxy) is 1. The van der Waals surface area contributed by atoms with Crippen LogP contribution < -0.4 is 10.5 Å². The van der Waals surface area contributed by atoms with Crippen molar-refractivity contribution in [3.63, 3.8) is 0 Å². The van der Waals surface area contributed by atoms with E-state index in [9.17, 15) is 13.2 Å². The summed E-state index contributed by atoms with van der Waals surface area (Å²) >= 11 is 0. The number of tetrazole rings is 1. The lowest BCUT2D eigenvalue weighted by Crippen LogP contribution is -2.19. The normalized spacial score (nSPS) is 11.6. The molecule has 9 heteroatoms. The van der Waals surface area contributed by atoms with Crippen molar-refractivity contribution in [2.75, 3.05) is 12.8 Å². The summed E-state index contributed by atoms with van der Waals surface area (Å²) in [5.41, 5.74) is 6.33. The Labute approximate surface area is 106 Å². The first-order chi connectivity index (χ1) is 8.89. The third-order valence-electron chi connectivity index (χ3n) is 2.28. The number of benzene rings is 1. The van der Waals surface area contributed by atoms with Gasteiger partial charge in [-0.05, 0) is 22.6 Å². The summed E-state index contributed by atoms with van der Waals surface area (Å²) in [5, 5.41) is 10.1. The van der Waals surface area contributed by atoms with E-state index in [0.717, 1.165) is 0 Å². The van der Waals surface area contributed by atoms with E-state index >= 15 is 0 Å². The molecule has 0 fully saturated rings. The van der Waals surface area contributed by atoms with E-state index in [0.29, 0.717) is 21.7 Å². The number of nitrogens with zero attached hydrogens (tertiary/aromatic N) is 4. The van der Waals surface area contributed by atoms with Gasteiger partial charge in [0.2, 0.25) is 0 Å². The van der Waals surface area contributed by atoms with Crippen LogP contribution in [-0.2, 0) is 6.54 Å². The molecule has 0 saturated heterocycles. The molecule has 0 aliphatic heterocycles. The standard InChI is InChI=1S/C10H10F3N5O/c1-19-8-3-6(2-7(14)4-8)9-15-16-17-18(9)5-10(11,12)13/h2-4H,5,14H2,1H3. The van der Waals surface area contributed by atoms with Gasteiger partial charge in [0.05, 0.1) is 7.11 Å². The van der Waals surface area contributed by atoms with E-state index in [2.05, 4.69) is 15.5 Å². The van der Waals surface area contributed by atoms with Crippen LogP contribution in [0.2, 0.25) is 0 Å². The topological polar surface area (TPSA) is 78.8 Å². The Bertz CT molecular complexity index is 581. The van der Waals surface area contributed by atoms with E-state index in [1.165, 1.54) is 19.2 Å². The zero-order chi connectivity index (χ0) is 14.0. The second kappa shape index (κ2) is 4.75. The van der Waals surface area contributed by atoms with Crippen LogP contribution in [-0.4, -0.2) is 33.5 Å². The number of nitrogen functional groups attached to an aromatic ring is 1. The van der Waals surface area contributed by atoms with Crippen LogP contribution in [0, 0.1) is 0 Å². The molecule has 0 amide bonds. The van der Waals surface area contributed by atoms with Gasteiger partial charge in [0.15, 0.2) is 5.82 Å². The van der Waals surface area contributed by atoms with E-state index in [-0.39, 0.29) is 5.82 Å². The van der Waals surface area contributed by atoms with Crippen LogP contribution in [0.1, 0.15) is 0 Å². The lowest BCUT2D eigenvalue weighted by atomic mass is 10.2. The van der Waals surface area contributed by atoms with Crippen LogP contribution in [0.4, 0.5) is 18.9 Å². The smallest absolute Gasteiger partial charge is 0.408 e. The van der Waals surface area contributed by atoms with Crippen LogP contribution in [0.3, 0.4) is 0 Å². The highest BCUT2D eigenvalue weighted by Gasteiger charge is 2.30. The average molecular weight is 273 g/mol. The monoisotopic (exact) mass is 273 g/mol. The zero-order valence-corrected chi connectivity index (χ0v) is 9.85. The van der Waals surface area contributed by atoms with Gasteiger partial charge in [-0.15, -0.1) is 5.10 Å². The van der Waals surface area contributed by atoms with Gasteiger partial charge in [0.1, 0.15) is 12.3 Å². The lowest BCUT2D eigenvalue weighted by Gasteiger charge is -2.09. The van der Waals surface area contributed by atoms with Gasteiger partial charge in [-0.3, -0.25) is 0 Å². The Morgan fingerprint density at radius 1 is 1.32 bits per heavy atom. The minimum atomic E-state index is -4.41. The van der Waals surface area contributed by atoms with Gasteiger partial charge in [-0.2, -0.15) is 13.2 Å². The molecule has 2 aromatic rings. The van der Waals surface area contributed by atoms with E-state index in [1.807, 2.05) is 0 Å². The molecular weight excluding hydrogens is 263 g/mol. The molecule has 2 rings (SSSR count). The number of halogens is 3. The third-order valence-corrected chi connectivity index (χ3v) is 2.28. The second-order valence-corrected chi connectivity index (χ2v) is 3.77. The van der Waals surface area contributed by atoms with E-state index < -0.39 is 12.7 Å². The highest BCUT2D eigenvalue weighted by molar-refractivity contribution is 5.64. The van der Waals surface area contributed by atoms with Crippen molar-refractivity contribution in [2.24, 2.45) is 0 Å². The Morgan fingerprint density at radius 3 is 2.68 bits per heavy atom. The molecule has 1 aromatic heterocycles. The Kier molecular flexibility index (Phi) is 3.28. The fourth-order valence-corrected chi connectivity index (χ4v) is 1.56. The van der Waals surface area contributed by atoms with Crippen molar-refractivity contribution in [3.05, 3.63) is 18.2 Å². The molecule has 1 aromatic carbocycles. The SMILES string of the molecule is COc1cc(N)cc(-c2nnnn2CC(F)(F)F)c1. The molecule has 1 heterocycles. The number of hydrogen-bond donors (Lipinski definition) is 1. The summed E-state index contributed by atoms with van der Waals surface area (Å²) in [6.07, 6.45) is -4.41. The lowest BCUT2D eigenvalue weighted by molar-refractivity contribution is -0.142. The molecule has 0 radical (unpaired) electrons. The van der Waals surface area contributed by atoms with Crippen molar-refractivity contribution < 1.29 is 17.9 Å². The van der Waals surface area contributed by atoms with Crippen LogP contribution in [0.5, 0.6) is 5.75 Å². The molecule has 2 N–H and O–H groups in total. The Balaban J connectivity index is 2.42. The van der Waals surface area contributed by atoms with Crippen molar-refractivity contribution in [2.45, 2.75) is 12.7 Å². The van der Waals surface area contributed by atoms with E-state index in [1.54, 1.807) is 6.07 Å². The maximum atomic E-state index is 12.4. The molecular formula is C10H10F3N5O. The van der Waals surface area contributed by atoms with Crippen molar-refractivity contribution in [1.29, 1.82) is 0 Å². The van der Waals surface area contributed by atoms with Crippen molar-refractivity contribution >= 4 is 5.69 Å². The first kappa shape index (κ1) is 13.1. The predicted molar refractivity (Wildman–Crippen MR) is 60.3 cm³/mol. The third kappa shape index (κ3) is 3.12. The molecule has 6 nitrogen and oxygen atoms in total. The summed E-state index contributed by atoms with van der Waals surface area (Å²) in [6.45, 7) is -1.27. The molecule has 102 valence electrons. The van der Waals surface area contributed by atoms with Gasteiger partial charge in [0.25, 0.3) is 0 Å². The fourth-order valence-electron chi connectivity index (χ4n) is 1.56. The zero-order valence-electron chi connectivity index (χ0n) is 9.85. The quantitative estimate of drug-likeness (QED) is 0.857. The highest BCUT2D eigenvalue weighted by Crippen LogP contribution is 2.27. The minimum Gasteiger partial charge on any atom is -0.497 e. The number of alkyl halides is 3. The highest BCUT2D eigenvalue weighted by atomic mass is 19.4. The molecule has 0 bridgehead atoms. The predicted octanol–water partition coefficient (Wildman–Crippen LogP) is 1.49. The van der Waals surface area contributed by atoms with E-state index in [4.69, 9.17) is 10.5 Å². The van der Waals surface area contributed by atoms with Gasteiger partial charge in [-0.1, -0.05) is 0 Å². The van der Waals surface area contributed by atoms with Gasteiger partial charge >= 0.3 is 6.18 Å². The number of anilines is 1. The molecule has 0 aliphatic carbocycles. The number of rotatable bonds is 3. The fraction of sp³-hybridized carbons (Fsp3) is 0.300. The van der Waals surface area contributed by atoms with Crippen molar-refractivity contribution in [1.82, 2.24) is 20.2 Å². The maximum absolute atomic E-state index is 12.4. The maximum Gasteiger partial charge on any atom is 0.408 e. The van der Waals surface area contributed by atoms with Crippen LogP contribution in [0.25, 0.3) is 11.4 Å². The summed E-state index contributed by atoms with van der Waals surface area (Å²) in [6, 6.07) is 4.53. The van der Waals surface area contributed by atoms with Gasteiger partial charge in [0, 0.05) is 17.3 Å². The summed E-state index contributed by atoms with van der Waals surface area (Å²) in [7, 11) is 1.43. The second-order valence-electron chi connectivity index (χ2n) is 3.77. The first-order valence-corrected chi connectivity index (χ1v) is 5.17. The van der Waals surface area contributed by atoms with Crippen LogP contribution in [0.15, 0.2) is 18.2 Å². The summed E-state index contributed by atoms with van der Waals surface area (Å²) in [5.74, 6) is 0.388. The van der Waals surface area contributed by atoms with Crippen LogP contribution >= 0.6 is 0 Å². The number of aromatic nitrogens is 4. The van der Waals surface area contributed by atoms with Gasteiger partial charge in [-0.25, -0.2) is 4.68 Å². The Morgan fingerprint density at radius 2 is 2.05 bits per heavy atom. The minimum absolute atomic E-state index is 0.0251. The molecule has 19 heavy (non-hydrogen) atoms. The number of nitrogens with two attached hydrogens (primary N) is 1. The molecule has 0 aliphatic rings. The molecule has 0 saturated carbocycles. The summed E-state index contributed by atoms with van der Waals surface area (Å²) in [4.78, 5) is 0. The largest absolute Gasteiger partial charge is 0.497 e. The van der Waals surface area contributed by atoms with Crippen molar-refractivity contribution in [3.8, 4) is 17.1 Å². The number of hydrogen-bond acceptors (Lipinski definition) is 5. The molecule has 0 unspecified atom stereocenters. The Hall–Kier alpha value is -2.32.